The third-order valence-electron chi connectivity index (χ3n) is 4.54. The van der Waals surface area contributed by atoms with Gasteiger partial charge in [-0.15, -0.1) is 24.0 Å². The standard InChI is InChI=1S/C17H27ClN4.HI/c1-13-5-3-4-6-15(13)12-22-17(19-2)20-10-9-14-7-8-16(18)21-11-14;/h7-8,11,13,15H,3-6,9-10,12H2,1-2H3,(H2,19,20,22);1H. The predicted octanol–water partition coefficient (Wildman–Crippen LogP) is 3.89. The van der Waals surface area contributed by atoms with Crippen molar-refractivity contribution in [3.8, 4) is 0 Å². The van der Waals surface area contributed by atoms with Crippen molar-refractivity contribution in [1.29, 1.82) is 0 Å². The molecular weight excluding hydrogens is 423 g/mol. The van der Waals surface area contributed by atoms with Crippen LogP contribution in [-0.4, -0.2) is 31.1 Å². The Balaban J connectivity index is 0.00000264. The van der Waals surface area contributed by atoms with Gasteiger partial charge in [-0.05, 0) is 36.3 Å². The summed E-state index contributed by atoms with van der Waals surface area (Å²) >= 11 is 5.79. The van der Waals surface area contributed by atoms with Crippen molar-refractivity contribution < 1.29 is 0 Å². The van der Waals surface area contributed by atoms with Crippen molar-refractivity contribution in [1.82, 2.24) is 15.6 Å². The molecule has 0 aliphatic heterocycles. The van der Waals surface area contributed by atoms with Crippen LogP contribution in [0.25, 0.3) is 0 Å². The molecule has 1 fully saturated rings. The van der Waals surface area contributed by atoms with Gasteiger partial charge in [-0.1, -0.05) is 43.9 Å². The fourth-order valence-electron chi connectivity index (χ4n) is 3.02. The van der Waals surface area contributed by atoms with Gasteiger partial charge in [0.25, 0.3) is 0 Å². The molecular formula is C17H28ClIN4. The lowest BCUT2D eigenvalue weighted by Gasteiger charge is -2.29. The summed E-state index contributed by atoms with van der Waals surface area (Å²) in [6.45, 7) is 4.22. The van der Waals surface area contributed by atoms with E-state index in [-0.39, 0.29) is 24.0 Å². The molecule has 1 aromatic rings. The van der Waals surface area contributed by atoms with Gasteiger partial charge in [0, 0.05) is 26.3 Å². The topological polar surface area (TPSA) is 49.3 Å². The quantitative estimate of drug-likeness (QED) is 0.310. The Bertz CT molecular complexity index is 478. The minimum absolute atomic E-state index is 0. The first-order chi connectivity index (χ1) is 10.7. The first-order valence-electron chi connectivity index (χ1n) is 8.24. The molecule has 0 spiro atoms. The van der Waals surface area contributed by atoms with Gasteiger partial charge in [-0.25, -0.2) is 4.98 Å². The zero-order valence-corrected chi connectivity index (χ0v) is 17.1. The van der Waals surface area contributed by atoms with E-state index in [9.17, 15) is 0 Å². The molecule has 2 atom stereocenters. The van der Waals surface area contributed by atoms with Gasteiger partial charge in [0.2, 0.25) is 0 Å². The SMILES string of the molecule is CN=C(NCCc1ccc(Cl)nc1)NCC1CCCCC1C.I. The summed E-state index contributed by atoms with van der Waals surface area (Å²) in [7, 11) is 1.82. The van der Waals surface area contributed by atoms with Crippen LogP contribution in [0, 0.1) is 11.8 Å². The van der Waals surface area contributed by atoms with Crippen LogP contribution in [-0.2, 0) is 6.42 Å². The Labute approximate surface area is 161 Å². The van der Waals surface area contributed by atoms with Crippen molar-refractivity contribution in [3.63, 3.8) is 0 Å². The van der Waals surface area contributed by atoms with Crippen LogP contribution in [0.4, 0.5) is 0 Å². The van der Waals surface area contributed by atoms with Crippen molar-refractivity contribution in [2.45, 2.75) is 39.0 Å². The molecule has 0 amide bonds. The van der Waals surface area contributed by atoms with Crippen LogP contribution in [0.5, 0.6) is 0 Å². The second-order valence-corrected chi connectivity index (χ2v) is 6.53. The number of aromatic nitrogens is 1. The normalized spacial score (nSPS) is 21.4. The molecule has 0 aromatic carbocycles. The maximum absolute atomic E-state index is 5.79. The summed E-state index contributed by atoms with van der Waals surface area (Å²) in [6.07, 6.45) is 8.18. The number of hydrogen-bond donors (Lipinski definition) is 2. The third-order valence-corrected chi connectivity index (χ3v) is 4.76. The van der Waals surface area contributed by atoms with Gasteiger partial charge in [0.05, 0.1) is 0 Å². The van der Waals surface area contributed by atoms with E-state index in [1.54, 1.807) is 0 Å². The summed E-state index contributed by atoms with van der Waals surface area (Å²) in [5.74, 6) is 2.48. The summed E-state index contributed by atoms with van der Waals surface area (Å²) in [5, 5.41) is 7.37. The maximum atomic E-state index is 5.79. The Hall–Kier alpha value is -0.560. The van der Waals surface area contributed by atoms with Gasteiger partial charge in [0.1, 0.15) is 5.15 Å². The van der Waals surface area contributed by atoms with Crippen LogP contribution in [0.2, 0.25) is 5.15 Å². The van der Waals surface area contributed by atoms with E-state index >= 15 is 0 Å². The van der Waals surface area contributed by atoms with E-state index in [0.717, 1.165) is 37.3 Å². The average Bonchev–Trinajstić information content (AvgIpc) is 2.54. The molecule has 4 nitrogen and oxygen atoms in total. The molecule has 1 saturated carbocycles. The van der Waals surface area contributed by atoms with Gasteiger partial charge < -0.3 is 10.6 Å². The molecule has 6 heteroatoms. The minimum Gasteiger partial charge on any atom is -0.356 e. The lowest BCUT2D eigenvalue weighted by atomic mass is 9.80. The van der Waals surface area contributed by atoms with Crippen LogP contribution in [0.1, 0.15) is 38.2 Å². The number of guanidine groups is 1. The molecule has 2 unspecified atom stereocenters. The molecule has 1 aliphatic carbocycles. The Morgan fingerprint density at radius 1 is 1.30 bits per heavy atom. The Morgan fingerprint density at radius 3 is 2.74 bits per heavy atom. The number of halogens is 2. The van der Waals surface area contributed by atoms with Crippen molar-refractivity contribution in [2.24, 2.45) is 16.8 Å². The van der Waals surface area contributed by atoms with Crippen LogP contribution < -0.4 is 10.6 Å². The van der Waals surface area contributed by atoms with E-state index in [1.807, 2.05) is 25.4 Å². The van der Waals surface area contributed by atoms with Crippen LogP contribution >= 0.6 is 35.6 Å². The van der Waals surface area contributed by atoms with Gasteiger partial charge in [-0.3, -0.25) is 4.99 Å². The summed E-state index contributed by atoms with van der Waals surface area (Å²) < 4.78 is 0. The summed E-state index contributed by atoms with van der Waals surface area (Å²) in [4.78, 5) is 8.40. The monoisotopic (exact) mass is 450 g/mol. The lowest BCUT2D eigenvalue weighted by Crippen LogP contribution is -2.42. The number of rotatable bonds is 5. The highest BCUT2D eigenvalue weighted by Crippen LogP contribution is 2.28. The molecule has 23 heavy (non-hydrogen) atoms. The molecule has 0 radical (unpaired) electrons. The number of pyridine rings is 1. The zero-order valence-electron chi connectivity index (χ0n) is 14.0. The molecule has 0 bridgehead atoms. The first kappa shape index (κ1) is 20.5. The van der Waals surface area contributed by atoms with Crippen LogP contribution in [0.15, 0.2) is 23.3 Å². The number of nitrogens with zero attached hydrogens (tertiary/aromatic N) is 2. The molecule has 0 saturated heterocycles. The molecule has 2 N–H and O–H groups in total. The molecule has 1 heterocycles. The molecule has 130 valence electrons. The van der Waals surface area contributed by atoms with Crippen LogP contribution in [0.3, 0.4) is 0 Å². The van der Waals surface area contributed by atoms with E-state index in [1.165, 1.54) is 31.2 Å². The fourth-order valence-corrected chi connectivity index (χ4v) is 3.14. The molecule has 1 aromatic heterocycles. The molecule has 2 rings (SSSR count). The second kappa shape index (κ2) is 11.1. The van der Waals surface area contributed by atoms with Gasteiger partial charge in [0.15, 0.2) is 5.96 Å². The van der Waals surface area contributed by atoms with Gasteiger partial charge in [-0.2, -0.15) is 0 Å². The number of hydrogen-bond acceptors (Lipinski definition) is 2. The van der Waals surface area contributed by atoms with E-state index in [0.29, 0.717) is 5.15 Å². The van der Waals surface area contributed by atoms with E-state index < -0.39 is 0 Å². The third kappa shape index (κ3) is 7.25. The summed E-state index contributed by atoms with van der Waals surface area (Å²) in [5.41, 5.74) is 1.17. The highest BCUT2D eigenvalue weighted by atomic mass is 127. The smallest absolute Gasteiger partial charge is 0.190 e. The van der Waals surface area contributed by atoms with Crippen molar-refractivity contribution in [2.75, 3.05) is 20.1 Å². The molecule has 1 aliphatic rings. The lowest BCUT2D eigenvalue weighted by molar-refractivity contribution is 0.256. The number of aliphatic imine (C=N–C) groups is 1. The second-order valence-electron chi connectivity index (χ2n) is 6.14. The number of nitrogens with one attached hydrogen (secondary N) is 2. The Kier molecular flexibility index (Phi) is 9.86. The first-order valence-corrected chi connectivity index (χ1v) is 8.62. The fraction of sp³-hybridized carbons (Fsp3) is 0.647. The predicted molar refractivity (Wildman–Crippen MR) is 109 cm³/mol. The summed E-state index contributed by atoms with van der Waals surface area (Å²) in [6, 6.07) is 3.84. The highest BCUT2D eigenvalue weighted by molar-refractivity contribution is 14.0. The maximum Gasteiger partial charge on any atom is 0.190 e. The largest absolute Gasteiger partial charge is 0.356 e. The highest BCUT2D eigenvalue weighted by Gasteiger charge is 2.21. The Morgan fingerprint density at radius 2 is 2.09 bits per heavy atom. The van der Waals surface area contributed by atoms with E-state index in [2.05, 4.69) is 27.5 Å². The van der Waals surface area contributed by atoms with Crippen molar-refractivity contribution in [3.05, 3.63) is 29.0 Å². The zero-order chi connectivity index (χ0) is 15.8. The van der Waals surface area contributed by atoms with E-state index in [4.69, 9.17) is 11.6 Å². The average molecular weight is 451 g/mol. The minimum atomic E-state index is 0. The van der Waals surface area contributed by atoms with Crippen molar-refractivity contribution >= 4 is 41.5 Å². The van der Waals surface area contributed by atoms with Gasteiger partial charge >= 0.3 is 0 Å².